The van der Waals surface area contributed by atoms with Gasteiger partial charge >= 0.3 is 0 Å². The van der Waals surface area contributed by atoms with E-state index in [9.17, 15) is 10.1 Å². The molecule has 0 aliphatic carbocycles. The molecule has 1 rings (SSSR count). The fourth-order valence-corrected chi connectivity index (χ4v) is 1.11. The number of nitro benzene ring substituents is 1. The zero-order chi connectivity index (χ0) is 10.7. The van der Waals surface area contributed by atoms with Gasteiger partial charge in [0.15, 0.2) is 0 Å². The van der Waals surface area contributed by atoms with Crippen LogP contribution in [-0.4, -0.2) is 4.92 Å². The number of hydrogen-bond donors (Lipinski definition) is 2. The van der Waals surface area contributed by atoms with Crippen LogP contribution in [0.5, 0.6) is 0 Å². The highest BCUT2D eigenvalue weighted by Gasteiger charge is 2.11. The monoisotopic (exact) mass is 193 g/mol. The Balaban J connectivity index is 3.13. The lowest BCUT2D eigenvalue weighted by molar-refractivity contribution is -0.384. The first-order chi connectivity index (χ1) is 6.56. The third-order valence-electron chi connectivity index (χ3n) is 1.89. The number of hydrogen-bond acceptors (Lipinski definition) is 4. The number of non-ortho nitro benzene ring substituents is 1. The van der Waals surface area contributed by atoms with Gasteiger partial charge in [0.25, 0.3) is 5.69 Å². The van der Waals surface area contributed by atoms with Crippen molar-refractivity contribution in [3.05, 3.63) is 46.5 Å². The minimum absolute atomic E-state index is 0.0393. The van der Waals surface area contributed by atoms with Crippen molar-refractivity contribution in [2.75, 3.05) is 5.73 Å². The molecule has 0 saturated heterocycles. The summed E-state index contributed by atoms with van der Waals surface area (Å²) in [6.07, 6.45) is 1.53. The van der Waals surface area contributed by atoms with E-state index >= 15 is 0 Å². The Morgan fingerprint density at radius 2 is 2.21 bits per heavy atom. The van der Waals surface area contributed by atoms with Crippen molar-refractivity contribution in [3.63, 3.8) is 0 Å². The van der Waals surface area contributed by atoms with Gasteiger partial charge in [-0.3, -0.25) is 10.1 Å². The van der Waals surface area contributed by atoms with Gasteiger partial charge in [-0.05, 0) is 11.6 Å². The summed E-state index contributed by atoms with van der Waals surface area (Å²) in [5.74, 6) is 0. The Labute approximate surface area is 81.2 Å². The summed E-state index contributed by atoms with van der Waals surface area (Å²) in [4.78, 5) is 9.90. The van der Waals surface area contributed by atoms with Gasteiger partial charge in [-0.1, -0.05) is 6.08 Å². The van der Waals surface area contributed by atoms with Gasteiger partial charge in [-0.25, -0.2) is 0 Å². The van der Waals surface area contributed by atoms with Crippen molar-refractivity contribution >= 4 is 11.4 Å². The summed E-state index contributed by atoms with van der Waals surface area (Å²) in [5, 5.41) is 10.4. The molecule has 14 heavy (non-hydrogen) atoms. The number of nitrogens with two attached hydrogens (primary N) is 2. The Hall–Kier alpha value is -1.88. The van der Waals surface area contributed by atoms with Crippen LogP contribution >= 0.6 is 0 Å². The van der Waals surface area contributed by atoms with Crippen molar-refractivity contribution in [2.45, 2.75) is 6.04 Å². The number of anilines is 1. The molecule has 0 saturated carbocycles. The summed E-state index contributed by atoms with van der Waals surface area (Å²) in [5.41, 5.74) is 12.2. The smallest absolute Gasteiger partial charge is 0.271 e. The third-order valence-corrected chi connectivity index (χ3v) is 1.89. The highest BCUT2D eigenvalue weighted by Crippen LogP contribution is 2.24. The van der Waals surface area contributed by atoms with Gasteiger partial charge < -0.3 is 11.5 Å². The normalized spacial score (nSPS) is 12.1. The van der Waals surface area contributed by atoms with Crippen LogP contribution in [0.1, 0.15) is 11.6 Å². The molecular weight excluding hydrogens is 182 g/mol. The molecule has 0 bridgehead atoms. The molecule has 5 nitrogen and oxygen atoms in total. The Kier molecular flexibility index (Phi) is 2.83. The fraction of sp³-hybridized carbons (Fsp3) is 0.111. The quantitative estimate of drug-likeness (QED) is 0.328. The SMILES string of the molecule is C=CC(N)c1ccc([N+](=O)[O-])cc1N. The van der Waals surface area contributed by atoms with Crippen molar-refractivity contribution in [3.8, 4) is 0 Å². The van der Waals surface area contributed by atoms with Gasteiger partial charge in [-0.15, -0.1) is 6.58 Å². The maximum Gasteiger partial charge on any atom is 0.271 e. The number of nitrogens with zero attached hydrogens (tertiary/aromatic N) is 1. The summed E-state index contributed by atoms with van der Waals surface area (Å²) < 4.78 is 0. The summed E-state index contributed by atoms with van der Waals surface area (Å²) in [6.45, 7) is 3.52. The van der Waals surface area contributed by atoms with E-state index in [2.05, 4.69) is 6.58 Å². The lowest BCUT2D eigenvalue weighted by Crippen LogP contribution is -2.09. The number of nitro groups is 1. The molecule has 0 fully saturated rings. The van der Waals surface area contributed by atoms with E-state index in [-0.39, 0.29) is 5.69 Å². The van der Waals surface area contributed by atoms with Gasteiger partial charge in [-0.2, -0.15) is 0 Å². The van der Waals surface area contributed by atoms with Crippen LogP contribution < -0.4 is 11.5 Å². The van der Waals surface area contributed by atoms with E-state index < -0.39 is 11.0 Å². The summed E-state index contributed by atoms with van der Waals surface area (Å²) >= 11 is 0. The van der Waals surface area contributed by atoms with Crippen molar-refractivity contribution in [2.24, 2.45) is 5.73 Å². The standard InChI is InChI=1S/C9H11N3O2/c1-2-8(10)7-4-3-6(12(13)14)5-9(7)11/h2-5,8H,1,10-11H2. The van der Waals surface area contributed by atoms with Crippen LogP contribution in [0.25, 0.3) is 0 Å². The number of rotatable bonds is 3. The molecule has 1 aromatic carbocycles. The summed E-state index contributed by atoms with van der Waals surface area (Å²) in [7, 11) is 0. The van der Waals surface area contributed by atoms with Gasteiger partial charge in [0, 0.05) is 23.9 Å². The van der Waals surface area contributed by atoms with E-state index in [4.69, 9.17) is 11.5 Å². The molecule has 0 aromatic heterocycles. The minimum Gasteiger partial charge on any atom is -0.398 e. The first-order valence-corrected chi connectivity index (χ1v) is 3.98. The zero-order valence-electron chi connectivity index (χ0n) is 7.51. The molecular formula is C9H11N3O2. The largest absolute Gasteiger partial charge is 0.398 e. The molecule has 1 unspecified atom stereocenters. The molecule has 0 heterocycles. The second kappa shape index (κ2) is 3.89. The molecule has 4 N–H and O–H groups in total. The van der Waals surface area contributed by atoms with E-state index in [1.165, 1.54) is 18.2 Å². The van der Waals surface area contributed by atoms with E-state index in [0.29, 0.717) is 11.3 Å². The van der Waals surface area contributed by atoms with Gasteiger partial charge in [0.1, 0.15) is 0 Å². The number of nitrogen functional groups attached to an aromatic ring is 1. The fourth-order valence-electron chi connectivity index (χ4n) is 1.11. The molecule has 0 spiro atoms. The Bertz CT molecular complexity index is 376. The van der Waals surface area contributed by atoms with E-state index in [1.807, 2.05) is 0 Å². The molecule has 0 aliphatic rings. The Morgan fingerprint density at radius 3 is 2.64 bits per heavy atom. The first-order valence-electron chi connectivity index (χ1n) is 3.98. The molecule has 0 radical (unpaired) electrons. The molecule has 1 atom stereocenters. The maximum atomic E-state index is 10.4. The average Bonchev–Trinajstić information content (AvgIpc) is 2.16. The zero-order valence-corrected chi connectivity index (χ0v) is 7.51. The number of benzene rings is 1. The maximum absolute atomic E-state index is 10.4. The highest BCUT2D eigenvalue weighted by atomic mass is 16.6. The predicted molar refractivity (Wildman–Crippen MR) is 54.6 cm³/mol. The van der Waals surface area contributed by atoms with Crippen molar-refractivity contribution in [1.29, 1.82) is 0 Å². The van der Waals surface area contributed by atoms with Crippen LogP contribution in [0.4, 0.5) is 11.4 Å². The molecule has 1 aromatic rings. The summed E-state index contributed by atoms with van der Waals surface area (Å²) in [6, 6.07) is 3.81. The second-order valence-electron chi connectivity index (χ2n) is 2.83. The Morgan fingerprint density at radius 1 is 1.57 bits per heavy atom. The van der Waals surface area contributed by atoms with E-state index in [0.717, 1.165) is 0 Å². The lowest BCUT2D eigenvalue weighted by Gasteiger charge is -2.09. The highest BCUT2D eigenvalue weighted by molar-refractivity contribution is 5.55. The van der Waals surface area contributed by atoms with Crippen LogP contribution in [0, 0.1) is 10.1 Å². The first kappa shape index (κ1) is 10.2. The van der Waals surface area contributed by atoms with Crippen molar-refractivity contribution in [1.82, 2.24) is 0 Å². The van der Waals surface area contributed by atoms with Crippen LogP contribution in [0.15, 0.2) is 30.9 Å². The molecule has 0 aliphatic heterocycles. The molecule has 0 amide bonds. The van der Waals surface area contributed by atoms with Gasteiger partial charge in [0.05, 0.1) is 4.92 Å². The van der Waals surface area contributed by atoms with Crippen molar-refractivity contribution < 1.29 is 4.92 Å². The van der Waals surface area contributed by atoms with Crippen LogP contribution in [-0.2, 0) is 0 Å². The lowest BCUT2D eigenvalue weighted by atomic mass is 10.1. The molecule has 5 heteroatoms. The molecule has 74 valence electrons. The average molecular weight is 193 g/mol. The van der Waals surface area contributed by atoms with Crippen LogP contribution in [0.3, 0.4) is 0 Å². The minimum atomic E-state index is -0.500. The predicted octanol–water partition coefficient (Wildman–Crippen LogP) is 1.36. The topological polar surface area (TPSA) is 95.2 Å². The second-order valence-corrected chi connectivity index (χ2v) is 2.83. The van der Waals surface area contributed by atoms with Crippen LogP contribution in [0.2, 0.25) is 0 Å². The van der Waals surface area contributed by atoms with Gasteiger partial charge in [0.2, 0.25) is 0 Å². The third kappa shape index (κ3) is 1.89. The van der Waals surface area contributed by atoms with E-state index in [1.54, 1.807) is 6.07 Å².